The molecule has 1 aliphatic rings. The second kappa shape index (κ2) is 17.2. The Kier molecular flexibility index (Phi) is 14.4. The largest absolute Gasteiger partial charge is 0.379 e. The van der Waals surface area contributed by atoms with Crippen LogP contribution in [0, 0.1) is 5.92 Å². The number of amides is 1. The smallest absolute Gasteiger partial charge is 0.225 e. The van der Waals surface area contributed by atoms with Gasteiger partial charge in [0.05, 0.1) is 52.7 Å². The van der Waals surface area contributed by atoms with Gasteiger partial charge in [-0.2, -0.15) is 0 Å². The molecule has 1 aromatic rings. The Hall–Kier alpha value is -2.33. The maximum atomic E-state index is 12.9. The first-order chi connectivity index (χ1) is 17.9. The van der Waals surface area contributed by atoms with Crippen LogP contribution in [0.25, 0.3) is 0 Å². The number of piperazine rings is 1. The second-order valence-electron chi connectivity index (χ2n) is 9.11. The second-order valence-corrected chi connectivity index (χ2v) is 9.11. The zero-order valence-electron chi connectivity index (χ0n) is 23.0. The highest BCUT2D eigenvalue weighted by atomic mass is 16.6. The van der Waals surface area contributed by atoms with Crippen molar-refractivity contribution in [1.82, 2.24) is 4.90 Å². The molecule has 0 radical (unpaired) electrons. The first-order valence-electron chi connectivity index (χ1n) is 13.4. The van der Waals surface area contributed by atoms with E-state index in [1.807, 2.05) is 37.8 Å². The van der Waals surface area contributed by atoms with E-state index < -0.39 is 0 Å². The predicted molar refractivity (Wildman–Crippen MR) is 143 cm³/mol. The lowest BCUT2D eigenvalue weighted by Gasteiger charge is -2.36. The number of rotatable bonds is 18. The highest BCUT2D eigenvalue weighted by molar-refractivity contribution is 6.09. The molecule has 0 aromatic heterocycles. The Morgan fingerprint density at radius 2 is 1.38 bits per heavy atom. The Bertz CT molecular complexity index is 853. The van der Waals surface area contributed by atoms with Gasteiger partial charge in [-0.25, -0.2) is 0 Å². The van der Waals surface area contributed by atoms with Crippen LogP contribution in [0.5, 0.6) is 0 Å². The molecular weight excluding hydrogens is 476 g/mol. The third-order valence-corrected chi connectivity index (χ3v) is 6.49. The number of hydrogen-bond donors (Lipinski definition) is 0. The van der Waals surface area contributed by atoms with Crippen LogP contribution in [0.15, 0.2) is 18.2 Å². The van der Waals surface area contributed by atoms with Crippen LogP contribution in [0.4, 0.5) is 5.69 Å². The first kappa shape index (κ1) is 30.9. The molecule has 2 rings (SSSR count). The lowest BCUT2D eigenvalue weighted by atomic mass is 9.91. The molecule has 1 aliphatic heterocycles. The van der Waals surface area contributed by atoms with Crippen molar-refractivity contribution < 1.29 is 33.3 Å². The number of nitrogens with zero attached hydrogens (tertiary/aromatic N) is 2. The third kappa shape index (κ3) is 10.5. The van der Waals surface area contributed by atoms with Crippen LogP contribution in [-0.2, 0) is 23.7 Å². The zero-order valence-corrected chi connectivity index (χ0v) is 23.0. The number of Topliss-reactive ketones (excluding diaryl/α,β-unsaturated/α-hetero) is 2. The number of benzene rings is 1. The summed E-state index contributed by atoms with van der Waals surface area (Å²) in [4.78, 5) is 41.6. The van der Waals surface area contributed by atoms with Gasteiger partial charge in [0.2, 0.25) is 5.91 Å². The van der Waals surface area contributed by atoms with E-state index in [4.69, 9.17) is 18.9 Å². The molecule has 1 unspecified atom stereocenters. The number of carbonyl (C=O) groups excluding carboxylic acids is 3. The average Bonchev–Trinajstić information content (AvgIpc) is 2.92. The lowest BCUT2D eigenvalue weighted by molar-refractivity contribution is -0.132. The predicted octanol–water partition coefficient (Wildman–Crippen LogP) is 3.24. The van der Waals surface area contributed by atoms with Gasteiger partial charge < -0.3 is 28.7 Å². The summed E-state index contributed by atoms with van der Waals surface area (Å²) in [5, 5.41) is 0. The Morgan fingerprint density at radius 3 is 1.92 bits per heavy atom. The van der Waals surface area contributed by atoms with Gasteiger partial charge in [0.1, 0.15) is 0 Å². The van der Waals surface area contributed by atoms with Crippen molar-refractivity contribution in [2.24, 2.45) is 5.92 Å². The first-order valence-corrected chi connectivity index (χ1v) is 13.4. The van der Waals surface area contributed by atoms with E-state index in [-0.39, 0.29) is 23.4 Å². The minimum Gasteiger partial charge on any atom is -0.379 e. The molecule has 9 heteroatoms. The standard InChI is InChI=1S/C28H44N2O7/c1-5-22(3)28(33)26-21-24(7-8-25(26)23(4)31)29-10-12-30(13-11-29)27(32)9-14-35-17-18-37-20-19-36-16-15-34-6-2/h7-8,21-22H,5-6,9-20H2,1-4H3. The van der Waals surface area contributed by atoms with Crippen LogP contribution in [0.2, 0.25) is 0 Å². The minimum atomic E-state index is -0.138. The van der Waals surface area contributed by atoms with Gasteiger partial charge >= 0.3 is 0 Å². The molecule has 9 nitrogen and oxygen atoms in total. The SMILES string of the molecule is CCOCCOCCOCCOCCC(=O)N1CCN(c2ccc(C(C)=O)c(C(=O)C(C)CC)c2)CC1. The number of carbonyl (C=O) groups is 3. The number of hydrogen-bond acceptors (Lipinski definition) is 8. The monoisotopic (exact) mass is 520 g/mol. The molecule has 208 valence electrons. The van der Waals surface area contributed by atoms with E-state index in [1.165, 1.54) is 6.92 Å². The van der Waals surface area contributed by atoms with E-state index in [1.54, 1.807) is 6.07 Å². The highest BCUT2D eigenvalue weighted by Crippen LogP contribution is 2.25. The molecule has 1 aromatic carbocycles. The quantitative estimate of drug-likeness (QED) is 0.215. The van der Waals surface area contributed by atoms with Gasteiger partial charge in [0, 0.05) is 55.5 Å². The van der Waals surface area contributed by atoms with E-state index in [9.17, 15) is 14.4 Å². The van der Waals surface area contributed by atoms with Crippen molar-refractivity contribution in [1.29, 1.82) is 0 Å². The minimum absolute atomic E-state index is 0.000363. The molecule has 1 saturated heterocycles. The molecule has 1 fully saturated rings. The summed E-state index contributed by atoms with van der Waals surface area (Å²) in [5.41, 5.74) is 1.87. The molecule has 1 atom stereocenters. The summed E-state index contributed by atoms with van der Waals surface area (Å²) in [7, 11) is 0. The Morgan fingerprint density at radius 1 is 0.811 bits per heavy atom. The van der Waals surface area contributed by atoms with Gasteiger partial charge in [-0.15, -0.1) is 0 Å². The van der Waals surface area contributed by atoms with Crippen LogP contribution in [-0.4, -0.2) is 101 Å². The lowest BCUT2D eigenvalue weighted by Crippen LogP contribution is -2.49. The van der Waals surface area contributed by atoms with Crippen LogP contribution >= 0.6 is 0 Å². The van der Waals surface area contributed by atoms with E-state index in [0.29, 0.717) is 96.6 Å². The zero-order chi connectivity index (χ0) is 27.0. The molecule has 37 heavy (non-hydrogen) atoms. The average molecular weight is 521 g/mol. The van der Waals surface area contributed by atoms with Crippen molar-refractivity contribution >= 4 is 23.2 Å². The molecular formula is C28H44N2O7. The molecule has 1 heterocycles. The normalized spacial score (nSPS) is 14.6. The summed E-state index contributed by atoms with van der Waals surface area (Å²) in [6, 6.07) is 5.48. The van der Waals surface area contributed by atoms with Crippen molar-refractivity contribution in [3.05, 3.63) is 29.3 Å². The van der Waals surface area contributed by atoms with E-state index >= 15 is 0 Å². The van der Waals surface area contributed by atoms with Gasteiger partial charge in [-0.05, 0) is 38.5 Å². The van der Waals surface area contributed by atoms with Crippen LogP contribution < -0.4 is 4.90 Å². The Balaban J connectivity index is 1.69. The maximum Gasteiger partial charge on any atom is 0.225 e. The fraction of sp³-hybridized carbons (Fsp3) is 0.679. The summed E-state index contributed by atoms with van der Waals surface area (Å²) in [6.45, 7) is 14.0. The molecule has 0 bridgehead atoms. The third-order valence-electron chi connectivity index (χ3n) is 6.49. The maximum absolute atomic E-state index is 12.9. The van der Waals surface area contributed by atoms with Gasteiger partial charge in [0.25, 0.3) is 0 Å². The summed E-state index contributed by atoms with van der Waals surface area (Å²) < 4.78 is 21.5. The van der Waals surface area contributed by atoms with Gasteiger partial charge in [-0.1, -0.05) is 13.8 Å². The van der Waals surface area contributed by atoms with Crippen molar-refractivity contribution in [2.75, 3.05) is 83.9 Å². The molecule has 1 amide bonds. The molecule has 0 N–H and O–H groups in total. The van der Waals surface area contributed by atoms with Crippen molar-refractivity contribution in [2.45, 2.75) is 40.5 Å². The molecule has 0 saturated carbocycles. The number of ether oxygens (including phenoxy) is 4. The fourth-order valence-electron chi connectivity index (χ4n) is 4.03. The fourth-order valence-corrected chi connectivity index (χ4v) is 4.03. The van der Waals surface area contributed by atoms with Gasteiger partial charge in [0.15, 0.2) is 11.6 Å². The molecule has 0 spiro atoms. The summed E-state index contributed by atoms with van der Waals surface area (Å²) >= 11 is 0. The summed E-state index contributed by atoms with van der Waals surface area (Å²) in [6.07, 6.45) is 1.06. The number of ketones is 2. The van der Waals surface area contributed by atoms with Gasteiger partial charge in [-0.3, -0.25) is 14.4 Å². The van der Waals surface area contributed by atoms with Crippen LogP contribution in [0.3, 0.4) is 0 Å². The number of anilines is 1. The van der Waals surface area contributed by atoms with E-state index in [2.05, 4.69) is 4.90 Å². The van der Waals surface area contributed by atoms with E-state index in [0.717, 1.165) is 12.1 Å². The molecule has 0 aliphatic carbocycles. The van der Waals surface area contributed by atoms with Crippen LogP contribution in [0.1, 0.15) is 61.3 Å². The summed E-state index contributed by atoms with van der Waals surface area (Å²) in [5.74, 6) is -0.173. The van der Waals surface area contributed by atoms with Crippen molar-refractivity contribution in [3.8, 4) is 0 Å². The topological polar surface area (TPSA) is 94.6 Å². The Labute approximate surface area is 221 Å². The van der Waals surface area contributed by atoms with Crippen molar-refractivity contribution in [3.63, 3.8) is 0 Å². The highest BCUT2D eigenvalue weighted by Gasteiger charge is 2.24.